The summed E-state index contributed by atoms with van der Waals surface area (Å²) in [6.45, 7) is 4.32. The summed E-state index contributed by atoms with van der Waals surface area (Å²) >= 11 is 0. The van der Waals surface area contributed by atoms with E-state index in [2.05, 4.69) is 26.0 Å². The van der Waals surface area contributed by atoms with Gasteiger partial charge < -0.3 is 9.84 Å². The molecular weight excluding hydrogens is 352 g/mol. The summed E-state index contributed by atoms with van der Waals surface area (Å²) < 4.78 is 5.65. The van der Waals surface area contributed by atoms with E-state index >= 15 is 0 Å². The van der Waals surface area contributed by atoms with Crippen LogP contribution >= 0.6 is 0 Å². The van der Waals surface area contributed by atoms with Crippen molar-refractivity contribution < 1.29 is 19.4 Å². The average Bonchev–Trinajstić information content (AvgIpc) is 2.65. The fraction of sp³-hybridized carbons (Fsp3) is 0.833. The van der Waals surface area contributed by atoms with Crippen molar-refractivity contribution >= 4 is 11.9 Å². The molecule has 0 saturated carbocycles. The van der Waals surface area contributed by atoms with E-state index in [0.717, 1.165) is 44.9 Å². The van der Waals surface area contributed by atoms with Crippen molar-refractivity contribution in [3.8, 4) is 0 Å². The molecule has 1 atom stereocenters. The van der Waals surface area contributed by atoms with Crippen molar-refractivity contribution in [2.75, 3.05) is 0 Å². The molecule has 0 aliphatic carbocycles. The predicted octanol–water partition coefficient (Wildman–Crippen LogP) is 7.21. The highest BCUT2D eigenvalue weighted by molar-refractivity contribution is 5.69. The first kappa shape index (κ1) is 26.7. The van der Waals surface area contributed by atoms with Crippen molar-refractivity contribution in [1.82, 2.24) is 0 Å². The Morgan fingerprint density at radius 3 is 2.04 bits per heavy atom. The SMILES string of the molecule is CCCC/C=C\CCCCCCCC(=O)OC(CCC)CCCCCC(=O)O. The molecule has 0 aliphatic rings. The summed E-state index contributed by atoms with van der Waals surface area (Å²) in [5.41, 5.74) is 0. The quantitative estimate of drug-likeness (QED) is 0.134. The molecule has 0 aromatic carbocycles. The van der Waals surface area contributed by atoms with E-state index in [-0.39, 0.29) is 18.5 Å². The monoisotopic (exact) mass is 396 g/mol. The van der Waals surface area contributed by atoms with Crippen molar-refractivity contribution in [3.05, 3.63) is 12.2 Å². The topological polar surface area (TPSA) is 63.6 Å². The highest BCUT2D eigenvalue weighted by atomic mass is 16.5. The van der Waals surface area contributed by atoms with Crippen molar-refractivity contribution in [2.45, 2.75) is 129 Å². The number of carbonyl (C=O) groups excluding carboxylic acids is 1. The molecule has 0 saturated heterocycles. The Kier molecular flexibility index (Phi) is 19.5. The molecule has 0 radical (unpaired) electrons. The third-order valence-electron chi connectivity index (χ3n) is 4.97. The number of carboxylic acids is 1. The van der Waals surface area contributed by atoms with E-state index in [1.807, 2.05) is 0 Å². The molecule has 4 heteroatoms. The van der Waals surface area contributed by atoms with Gasteiger partial charge in [-0.15, -0.1) is 0 Å². The minimum absolute atomic E-state index is 0.00169. The Hall–Kier alpha value is -1.32. The van der Waals surface area contributed by atoms with Gasteiger partial charge in [0.05, 0.1) is 0 Å². The number of ether oxygens (including phenoxy) is 1. The first-order valence-electron chi connectivity index (χ1n) is 11.7. The van der Waals surface area contributed by atoms with E-state index < -0.39 is 5.97 Å². The number of hydrogen-bond acceptors (Lipinski definition) is 3. The molecule has 0 aromatic heterocycles. The first-order chi connectivity index (χ1) is 13.6. The second-order valence-electron chi connectivity index (χ2n) is 7.81. The fourth-order valence-electron chi connectivity index (χ4n) is 3.27. The molecule has 4 nitrogen and oxygen atoms in total. The van der Waals surface area contributed by atoms with Crippen LogP contribution in [0.4, 0.5) is 0 Å². The Morgan fingerprint density at radius 1 is 0.750 bits per heavy atom. The molecule has 0 aliphatic heterocycles. The van der Waals surface area contributed by atoms with Gasteiger partial charge >= 0.3 is 11.9 Å². The van der Waals surface area contributed by atoms with Gasteiger partial charge in [0.25, 0.3) is 0 Å². The third-order valence-corrected chi connectivity index (χ3v) is 4.97. The molecule has 1 unspecified atom stereocenters. The summed E-state index contributed by atoms with van der Waals surface area (Å²) in [6, 6.07) is 0. The Morgan fingerprint density at radius 2 is 1.36 bits per heavy atom. The standard InChI is InChI=1S/C24H44O4/c1-3-5-6-7-8-9-10-11-12-13-17-21-24(27)28-22(18-4-2)19-15-14-16-20-23(25)26/h7-8,22H,3-6,9-21H2,1-2H3,(H,25,26)/b8-7-. The molecule has 164 valence electrons. The fourth-order valence-corrected chi connectivity index (χ4v) is 3.27. The van der Waals surface area contributed by atoms with Crippen molar-refractivity contribution in [3.63, 3.8) is 0 Å². The van der Waals surface area contributed by atoms with Gasteiger partial charge in [0, 0.05) is 12.8 Å². The van der Waals surface area contributed by atoms with E-state index in [4.69, 9.17) is 9.84 Å². The second kappa shape index (κ2) is 20.4. The van der Waals surface area contributed by atoms with Gasteiger partial charge in [0.1, 0.15) is 6.10 Å². The normalized spacial score (nSPS) is 12.4. The number of rotatable bonds is 20. The van der Waals surface area contributed by atoms with Crippen molar-refractivity contribution in [2.24, 2.45) is 0 Å². The van der Waals surface area contributed by atoms with Gasteiger partial charge in [-0.1, -0.05) is 70.9 Å². The van der Waals surface area contributed by atoms with Gasteiger partial charge in [0.15, 0.2) is 0 Å². The van der Waals surface area contributed by atoms with Crippen LogP contribution in [0.2, 0.25) is 0 Å². The number of hydrogen-bond donors (Lipinski definition) is 1. The van der Waals surface area contributed by atoms with Crippen LogP contribution in [0, 0.1) is 0 Å². The van der Waals surface area contributed by atoms with Gasteiger partial charge in [0.2, 0.25) is 0 Å². The summed E-state index contributed by atoms with van der Waals surface area (Å²) in [5.74, 6) is -0.803. The summed E-state index contributed by atoms with van der Waals surface area (Å²) in [7, 11) is 0. The van der Waals surface area contributed by atoms with E-state index in [0.29, 0.717) is 12.8 Å². The third kappa shape index (κ3) is 19.4. The van der Waals surface area contributed by atoms with Crippen LogP contribution in [0.25, 0.3) is 0 Å². The number of esters is 1. The first-order valence-corrected chi connectivity index (χ1v) is 11.7. The van der Waals surface area contributed by atoms with E-state index in [9.17, 15) is 9.59 Å². The highest BCUT2D eigenvalue weighted by Crippen LogP contribution is 2.15. The number of carboxylic acid groups (broad SMARTS) is 1. The van der Waals surface area contributed by atoms with E-state index in [1.165, 1.54) is 44.9 Å². The summed E-state index contributed by atoms with van der Waals surface area (Å²) in [5, 5.41) is 8.66. The van der Waals surface area contributed by atoms with Crippen LogP contribution < -0.4 is 0 Å². The number of carbonyl (C=O) groups is 2. The molecule has 0 aromatic rings. The molecule has 0 rings (SSSR count). The molecule has 0 heterocycles. The minimum Gasteiger partial charge on any atom is -0.481 e. The zero-order valence-corrected chi connectivity index (χ0v) is 18.4. The largest absolute Gasteiger partial charge is 0.481 e. The Labute approximate surface area is 173 Å². The summed E-state index contributed by atoms with van der Waals surface area (Å²) in [4.78, 5) is 22.6. The van der Waals surface area contributed by atoms with Gasteiger partial charge in [-0.05, 0) is 51.4 Å². The van der Waals surface area contributed by atoms with Crippen LogP contribution in [0.5, 0.6) is 0 Å². The lowest BCUT2D eigenvalue weighted by molar-refractivity contribution is -0.150. The zero-order chi connectivity index (χ0) is 20.9. The Bertz CT molecular complexity index is 403. The molecule has 0 amide bonds. The van der Waals surface area contributed by atoms with Crippen LogP contribution in [0.1, 0.15) is 123 Å². The number of unbranched alkanes of at least 4 members (excludes halogenated alkanes) is 9. The maximum Gasteiger partial charge on any atom is 0.306 e. The van der Waals surface area contributed by atoms with Crippen LogP contribution in [-0.2, 0) is 14.3 Å². The van der Waals surface area contributed by atoms with Crippen molar-refractivity contribution in [1.29, 1.82) is 0 Å². The maximum absolute atomic E-state index is 12.1. The molecule has 0 fully saturated rings. The average molecular weight is 397 g/mol. The molecule has 0 spiro atoms. The molecular formula is C24H44O4. The molecule has 0 bridgehead atoms. The summed E-state index contributed by atoms with van der Waals surface area (Å²) in [6.07, 6.45) is 21.3. The second-order valence-corrected chi connectivity index (χ2v) is 7.81. The van der Waals surface area contributed by atoms with Crippen LogP contribution in [-0.4, -0.2) is 23.1 Å². The lowest BCUT2D eigenvalue weighted by Crippen LogP contribution is -2.18. The lowest BCUT2D eigenvalue weighted by Gasteiger charge is -2.17. The van der Waals surface area contributed by atoms with Crippen LogP contribution in [0.3, 0.4) is 0 Å². The predicted molar refractivity (Wildman–Crippen MR) is 116 cm³/mol. The van der Waals surface area contributed by atoms with E-state index in [1.54, 1.807) is 0 Å². The van der Waals surface area contributed by atoms with Gasteiger partial charge in [-0.3, -0.25) is 9.59 Å². The maximum atomic E-state index is 12.1. The number of allylic oxidation sites excluding steroid dienone is 2. The van der Waals surface area contributed by atoms with Gasteiger partial charge in [-0.25, -0.2) is 0 Å². The highest BCUT2D eigenvalue weighted by Gasteiger charge is 2.13. The number of aliphatic carboxylic acids is 1. The zero-order valence-electron chi connectivity index (χ0n) is 18.4. The van der Waals surface area contributed by atoms with Crippen LogP contribution in [0.15, 0.2) is 12.2 Å². The Balaban J connectivity index is 3.66. The van der Waals surface area contributed by atoms with Gasteiger partial charge in [-0.2, -0.15) is 0 Å². The lowest BCUT2D eigenvalue weighted by atomic mass is 10.1. The molecule has 1 N–H and O–H groups in total. The molecule has 28 heavy (non-hydrogen) atoms. The smallest absolute Gasteiger partial charge is 0.306 e. The minimum atomic E-state index is -0.736.